The molecule has 15 heteroatoms. The van der Waals surface area contributed by atoms with Crippen molar-refractivity contribution in [3.05, 3.63) is 0 Å². The predicted molar refractivity (Wildman–Crippen MR) is 30.6 cm³/mol. The molecule has 0 saturated carbocycles. The van der Waals surface area contributed by atoms with Crippen LogP contribution in [0, 0.1) is 31.1 Å². The molecular formula is H3O11P3U. The van der Waals surface area contributed by atoms with Crippen LogP contribution in [0.3, 0.4) is 0 Å². The first-order valence-corrected chi connectivity index (χ1v) is 6.73. The molecule has 0 aliphatic carbocycles. The Bertz CT molecular complexity index is 259. The zero-order chi connectivity index (χ0) is 12.2. The second-order valence-electron chi connectivity index (χ2n) is 1.49. The summed E-state index contributed by atoms with van der Waals surface area (Å²) in [5, 5.41) is 0. The quantitative estimate of drug-likeness (QED) is 0.303. The number of rotatable bonds is 2. The molecule has 0 atom stereocenters. The van der Waals surface area contributed by atoms with E-state index in [0.717, 1.165) is 0 Å². The van der Waals surface area contributed by atoms with Gasteiger partial charge in [-0.3, -0.25) is 0 Å². The van der Waals surface area contributed by atoms with Gasteiger partial charge in [-0.2, -0.15) is 0 Å². The molecule has 0 fully saturated rings. The van der Waals surface area contributed by atoms with E-state index in [1.165, 1.54) is 0 Å². The molecule has 0 aromatic heterocycles. The molecule has 0 heterocycles. The van der Waals surface area contributed by atoms with Gasteiger partial charge in [0.05, 0.1) is 15.6 Å². The van der Waals surface area contributed by atoms with Crippen molar-refractivity contribution in [1.29, 1.82) is 0 Å². The molecular weight excluding hydrogens is 507 g/mol. The van der Waals surface area contributed by atoms with E-state index in [1.807, 2.05) is 0 Å². The van der Waals surface area contributed by atoms with E-state index in [-0.39, 0.29) is 31.1 Å². The Morgan fingerprint density at radius 1 is 0.800 bits per heavy atom. The van der Waals surface area contributed by atoms with Gasteiger partial charge in [-0.05, 0) is 0 Å². The van der Waals surface area contributed by atoms with Crippen molar-refractivity contribution in [2.45, 2.75) is 0 Å². The molecule has 15 heavy (non-hydrogen) atoms. The van der Waals surface area contributed by atoms with Crippen LogP contribution in [-0.2, 0) is 18.0 Å². The minimum absolute atomic E-state index is 0. The fourth-order valence-electron chi connectivity index (χ4n) is 0.122. The summed E-state index contributed by atoms with van der Waals surface area (Å²) in [4.78, 5) is 58.9. The Balaban J connectivity index is -0.000000208. The Morgan fingerprint density at radius 3 is 0.933 bits per heavy atom. The van der Waals surface area contributed by atoms with E-state index >= 15 is 0 Å². The molecule has 0 rings (SSSR count). The molecule has 88 valence electrons. The Hall–Kier alpha value is 1.42. The van der Waals surface area contributed by atoms with Crippen molar-refractivity contribution in [3.8, 4) is 0 Å². The summed E-state index contributed by atoms with van der Waals surface area (Å²) in [5.74, 6) is 0. The molecule has 0 unspecified atom stereocenters. The molecule has 0 aliphatic rings. The van der Waals surface area contributed by atoms with E-state index < -0.39 is 23.5 Å². The van der Waals surface area contributed by atoms with Crippen LogP contribution in [0.2, 0.25) is 0 Å². The summed E-state index contributed by atoms with van der Waals surface area (Å²) >= 11 is 0. The summed E-state index contributed by atoms with van der Waals surface area (Å²) in [6.45, 7) is 0. The summed E-state index contributed by atoms with van der Waals surface area (Å²) in [7, 11) is -16.0. The first-order chi connectivity index (χ1) is 5.71. The van der Waals surface area contributed by atoms with Crippen LogP contribution < -0.4 is 19.6 Å². The number of phosphoric acid groups is 3. The molecule has 0 aromatic carbocycles. The molecule has 0 amide bonds. The first-order valence-electron chi connectivity index (χ1n) is 2.24. The van der Waals surface area contributed by atoms with Gasteiger partial charge in [0.1, 0.15) is 0 Å². The maximum atomic E-state index is 9.32. The van der Waals surface area contributed by atoms with Gasteiger partial charge >= 0.3 is 38.9 Å². The second kappa shape index (κ2) is 7.69. The van der Waals surface area contributed by atoms with Crippen LogP contribution in [0.15, 0.2) is 0 Å². The van der Waals surface area contributed by atoms with Crippen LogP contribution in [0.4, 0.5) is 0 Å². The van der Waals surface area contributed by atoms with E-state index in [1.54, 1.807) is 0 Å². The van der Waals surface area contributed by atoms with Gasteiger partial charge in [-0.25, -0.2) is 4.57 Å². The minimum Gasteiger partial charge on any atom is -0.790 e. The molecule has 3 N–H and O–H groups in total. The summed E-state index contributed by atoms with van der Waals surface area (Å²) in [6, 6.07) is 0. The van der Waals surface area contributed by atoms with Gasteiger partial charge in [0, 0.05) is 0 Å². The Morgan fingerprint density at radius 2 is 0.933 bits per heavy atom. The smallest absolute Gasteiger partial charge is 0.790 e. The SMILES string of the molecule is O=P(O)(O)O.O=P([O-])([O-])OP(=O)([O-])[O-].[U+4]. The summed E-state index contributed by atoms with van der Waals surface area (Å²) in [6.07, 6.45) is 0. The fraction of sp³-hybridized carbons (Fsp3) is 0. The van der Waals surface area contributed by atoms with Gasteiger partial charge in [-0.15, -0.1) is 0 Å². The third-order valence-electron chi connectivity index (χ3n) is 0.200. The first kappa shape index (κ1) is 21.7. The van der Waals surface area contributed by atoms with Crippen molar-refractivity contribution in [2.24, 2.45) is 0 Å². The maximum absolute atomic E-state index is 9.32. The average molecular weight is 510 g/mol. The molecule has 0 spiro atoms. The van der Waals surface area contributed by atoms with Crippen molar-refractivity contribution < 1.29 is 83.4 Å². The number of hydrogen-bond donors (Lipinski definition) is 3. The van der Waals surface area contributed by atoms with E-state index in [4.69, 9.17) is 19.2 Å². The Labute approximate surface area is 107 Å². The molecule has 0 aliphatic heterocycles. The van der Waals surface area contributed by atoms with E-state index in [0.29, 0.717) is 0 Å². The van der Waals surface area contributed by atoms with Gasteiger partial charge in [0.2, 0.25) is 0 Å². The summed E-state index contributed by atoms with van der Waals surface area (Å²) in [5.41, 5.74) is 0. The number of hydrogen-bond acceptors (Lipinski definition) is 8. The average Bonchev–Trinajstić information content (AvgIpc) is 1.42. The van der Waals surface area contributed by atoms with Gasteiger partial charge < -0.3 is 47.7 Å². The second-order valence-corrected chi connectivity index (χ2v) is 4.96. The predicted octanol–water partition coefficient (Wildman–Crippen LogP) is -4.27. The molecule has 11 nitrogen and oxygen atoms in total. The van der Waals surface area contributed by atoms with Crippen LogP contribution in [-0.4, -0.2) is 14.7 Å². The molecule has 0 aromatic rings. The minimum atomic E-state index is -5.68. The van der Waals surface area contributed by atoms with Crippen LogP contribution >= 0.6 is 23.5 Å². The van der Waals surface area contributed by atoms with Crippen molar-refractivity contribution in [3.63, 3.8) is 0 Å². The monoisotopic (exact) mass is 510 g/mol. The fourth-order valence-corrected chi connectivity index (χ4v) is 1.10. The molecule has 0 radical (unpaired) electrons. The Kier molecular flexibility index (Phi) is 11.1. The maximum Gasteiger partial charge on any atom is 4.00 e. The normalized spacial score (nSPS) is 12.2. The molecule has 0 saturated heterocycles. The zero-order valence-corrected chi connectivity index (χ0v) is 13.3. The third-order valence-corrected chi connectivity index (χ3v) is 1.80. The van der Waals surface area contributed by atoms with Gasteiger partial charge in [0.25, 0.3) is 0 Å². The zero-order valence-electron chi connectivity index (χ0n) is 6.45. The van der Waals surface area contributed by atoms with Gasteiger partial charge in [0.15, 0.2) is 0 Å². The van der Waals surface area contributed by atoms with Crippen LogP contribution in [0.5, 0.6) is 0 Å². The van der Waals surface area contributed by atoms with Crippen molar-refractivity contribution in [1.82, 2.24) is 0 Å². The topological polar surface area (TPSA) is 213 Å². The van der Waals surface area contributed by atoms with Crippen LogP contribution in [0.1, 0.15) is 0 Å². The van der Waals surface area contributed by atoms with Crippen molar-refractivity contribution >= 4 is 23.5 Å². The van der Waals surface area contributed by atoms with Crippen molar-refractivity contribution in [2.75, 3.05) is 0 Å². The summed E-state index contributed by atoms with van der Waals surface area (Å²) < 4.78 is 30.0. The van der Waals surface area contributed by atoms with Crippen LogP contribution in [0.25, 0.3) is 0 Å². The van der Waals surface area contributed by atoms with E-state index in [9.17, 15) is 28.7 Å². The van der Waals surface area contributed by atoms with E-state index in [2.05, 4.69) is 4.31 Å². The third kappa shape index (κ3) is 50.4. The largest absolute Gasteiger partial charge is 4.00 e. The standard InChI is InChI=1S/H4O7P2.H3O4P.U/c1-8(2,3)7-9(4,5)6;1-5(2,3)4;/h(H2,1,2,3)(H2,4,5,6);(H3,1,2,3,4);/q;;+4/p-4. The van der Waals surface area contributed by atoms with Gasteiger partial charge in [-0.1, -0.05) is 0 Å². The molecule has 0 bridgehead atoms.